The maximum atomic E-state index is 5.70. The SMILES string of the molecule is Clc1cc(N/N=C/c2cccc(Br)n2)ncn1. The Bertz CT molecular complexity index is 546. The van der Waals surface area contributed by atoms with E-state index in [9.17, 15) is 0 Å². The summed E-state index contributed by atoms with van der Waals surface area (Å²) in [6.45, 7) is 0. The van der Waals surface area contributed by atoms with Gasteiger partial charge in [0.05, 0.1) is 11.9 Å². The van der Waals surface area contributed by atoms with Crippen LogP contribution in [0.15, 0.2) is 40.3 Å². The van der Waals surface area contributed by atoms with Crippen LogP contribution in [0.5, 0.6) is 0 Å². The molecule has 0 spiro atoms. The number of pyridine rings is 1. The number of hydrazone groups is 1. The smallest absolute Gasteiger partial charge is 0.151 e. The Kier molecular flexibility index (Phi) is 4.00. The summed E-state index contributed by atoms with van der Waals surface area (Å²) in [5.41, 5.74) is 3.46. The Morgan fingerprint density at radius 1 is 1.35 bits per heavy atom. The summed E-state index contributed by atoms with van der Waals surface area (Å²) >= 11 is 8.98. The van der Waals surface area contributed by atoms with Crippen molar-refractivity contribution < 1.29 is 0 Å². The van der Waals surface area contributed by atoms with E-state index in [1.807, 2.05) is 18.2 Å². The zero-order valence-corrected chi connectivity index (χ0v) is 10.9. The number of rotatable bonds is 3. The Hall–Kier alpha value is -1.53. The molecule has 0 aliphatic heterocycles. The quantitative estimate of drug-likeness (QED) is 0.410. The molecule has 0 aliphatic rings. The molecule has 5 nitrogen and oxygen atoms in total. The molecule has 2 aromatic heterocycles. The predicted molar refractivity (Wildman–Crippen MR) is 70.2 cm³/mol. The van der Waals surface area contributed by atoms with E-state index in [4.69, 9.17) is 11.6 Å². The Balaban J connectivity index is 2.03. The third-order valence-electron chi connectivity index (χ3n) is 1.75. The standard InChI is InChI=1S/C10H7BrClN5/c11-8-3-1-2-7(16-8)5-15-17-10-4-9(12)13-6-14-10/h1-6H,(H,13,14,17)/b15-5+. The van der Waals surface area contributed by atoms with Crippen molar-refractivity contribution in [2.24, 2.45) is 5.10 Å². The molecule has 1 N–H and O–H groups in total. The van der Waals surface area contributed by atoms with Gasteiger partial charge in [-0.15, -0.1) is 0 Å². The summed E-state index contributed by atoms with van der Waals surface area (Å²) in [5, 5.41) is 4.35. The number of hydrogen-bond acceptors (Lipinski definition) is 5. The van der Waals surface area contributed by atoms with Gasteiger partial charge in [0.2, 0.25) is 0 Å². The van der Waals surface area contributed by atoms with E-state index in [0.717, 1.165) is 10.3 Å². The van der Waals surface area contributed by atoms with Crippen LogP contribution in [0.2, 0.25) is 5.15 Å². The van der Waals surface area contributed by atoms with Crippen LogP contribution >= 0.6 is 27.5 Å². The fraction of sp³-hybridized carbons (Fsp3) is 0. The molecule has 7 heteroatoms. The second-order valence-electron chi connectivity index (χ2n) is 2.98. The van der Waals surface area contributed by atoms with Gasteiger partial charge in [-0.05, 0) is 28.1 Å². The highest BCUT2D eigenvalue weighted by atomic mass is 79.9. The lowest BCUT2D eigenvalue weighted by Gasteiger charge is -1.98. The summed E-state index contributed by atoms with van der Waals surface area (Å²) in [7, 11) is 0. The number of anilines is 1. The van der Waals surface area contributed by atoms with Crippen LogP contribution < -0.4 is 5.43 Å². The van der Waals surface area contributed by atoms with Gasteiger partial charge in [0.15, 0.2) is 5.82 Å². The lowest BCUT2D eigenvalue weighted by Crippen LogP contribution is -1.95. The predicted octanol–water partition coefficient (Wildman–Crippen LogP) is 2.73. The monoisotopic (exact) mass is 311 g/mol. The Labute approximate surface area is 111 Å². The molecule has 0 bridgehead atoms. The minimum Gasteiger partial charge on any atom is -0.261 e. The lowest BCUT2D eigenvalue weighted by molar-refractivity contribution is 1.14. The summed E-state index contributed by atoms with van der Waals surface area (Å²) < 4.78 is 0.756. The second kappa shape index (κ2) is 5.70. The van der Waals surface area contributed by atoms with Crippen molar-refractivity contribution in [1.82, 2.24) is 15.0 Å². The molecule has 0 unspecified atom stereocenters. The fourth-order valence-electron chi connectivity index (χ4n) is 1.06. The molecule has 2 heterocycles. The van der Waals surface area contributed by atoms with Gasteiger partial charge >= 0.3 is 0 Å². The maximum absolute atomic E-state index is 5.70. The number of nitrogens with one attached hydrogen (secondary N) is 1. The highest BCUT2D eigenvalue weighted by Gasteiger charge is 1.94. The number of aromatic nitrogens is 3. The first-order chi connectivity index (χ1) is 8.24. The molecule has 0 saturated carbocycles. The number of nitrogens with zero attached hydrogens (tertiary/aromatic N) is 4. The second-order valence-corrected chi connectivity index (χ2v) is 4.18. The fourth-order valence-corrected chi connectivity index (χ4v) is 1.56. The number of halogens is 2. The van der Waals surface area contributed by atoms with E-state index in [1.165, 1.54) is 6.33 Å². The van der Waals surface area contributed by atoms with Gasteiger partial charge < -0.3 is 0 Å². The van der Waals surface area contributed by atoms with Gasteiger partial charge in [0, 0.05) is 6.07 Å². The molecule has 17 heavy (non-hydrogen) atoms. The number of hydrogen-bond donors (Lipinski definition) is 1. The van der Waals surface area contributed by atoms with Crippen LogP contribution in [-0.4, -0.2) is 21.2 Å². The van der Waals surface area contributed by atoms with Crippen molar-refractivity contribution in [1.29, 1.82) is 0 Å². The van der Waals surface area contributed by atoms with Crippen molar-refractivity contribution >= 4 is 39.6 Å². The van der Waals surface area contributed by atoms with Crippen molar-refractivity contribution in [2.75, 3.05) is 5.43 Å². The molecule has 2 rings (SSSR count). The van der Waals surface area contributed by atoms with E-state index in [1.54, 1.807) is 12.3 Å². The van der Waals surface area contributed by atoms with Crippen LogP contribution in [0.25, 0.3) is 0 Å². The van der Waals surface area contributed by atoms with Crippen LogP contribution in [-0.2, 0) is 0 Å². The van der Waals surface area contributed by atoms with Crippen LogP contribution in [0, 0.1) is 0 Å². The highest BCUT2D eigenvalue weighted by Crippen LogP contribution is 2.08. The Morgan fingerprint density at radius 2 is 2.24 bits per heavy atom. The summed E-state index contributed by atoms with van der Waals surface area (Å²) in [5.74, 6) is 0.524. The van der Waals surface area contributed by atoms with Crippen molar-refractivity contribution in [2.45, 2.75) is 0 Å². The van der Waals surface area contributed by atoms with Crippen molar-refractivity contribution in [3.8, 4) is 0 Å². The summed E-state index contributed by atoms with van der Waals surface area (Å²) in [6, 6.07) is 7.13. The molecule has 2 aromatic rings. The van der Waals surface area contributed by atoms with Gasteiger partial charge in [0.1, 0.15) is 16.1 Å². The van der Waals surface area contributed by atoms with Gasteiger partial charge in [-0.3, -0.25) is 5.43 Å². The first-order valence-corrected chi connectivity index (χ1v) is 5.80. The highest BCUT2D eigenvalue weighted by molar-refractivity contribution is 9.10. The topological polar surface area (TPSA) is 63.1 Å². The first kappa shape index (κ1) is 11.9. The van der Waals surface area contributed by atoms with Crippen LogP contribution in [0.1, 0.15) is 5.69 Å². The van der Waals surface area contributed by atoms with E-state index in [2.05, 4.69) is 41.4 Å². The van der Waals surface area contributed by atoms with Crippen LogP contribution in [0.3, 0.4) is 0 Å². The molecular weight excluding hydrogens is 306 g/mol. The molecular formula is C10H7BrClN5. The molecule has 0 saturated heterocycles. The normalized spacial score (nSPS) is 10.7. The van der Waals surface area contributed by atoms with Gasteiger partial charge in [-0.25, -0.2) is 15.0 Å². The van der Waals surface area contributed by atoms with Crippen molar-refractivity contribution in [3.05, 3.63) is 46.0 Å². The molecule has 0 aromatic carbocycles. The molecule has 0 radical (unpaired) electrons. The summed E-state index contributed by atoms with van der Waals surface area (Å²) in [4.78, 5) is 11.9. The van der Waals surface area contributed by atoms with Crippen LogP contribution in [0.4, 0.5) is 5.82 Å². The van der Waals surface area contributed by atoms with Gasteiger partial charge in [-0.2, -0.15) is 5.10 Å². The van der Waals surface area contributed by atoms with Crippen molar-refractivity contribution in [3.63, 3.8) is 0 Å². The summed E-state index contributed by atoms with van der Waals surface area (Å²) in [6.07, 6.45) is 2.94. The largest absolute Gasteiger partial charge is 0.261 e. The average Bonchev–Trinajstić information content (AvgIpc) is 2.29. The first-order valence-electron chi connectivity index (χ1n) is 4.63. The molecule has 0 atom stereocenters. The van der Waals surface area contributed by atoms with E-state index >= 15 is 0 Å². The van der Waals surface area contributed by atoms with E-state index in [0.29, 0.717) is 11.0 Å². The maximum Gasteiger partial charge on any atom is 0.151 e. The third kappa shape index (κ3) is 3.76. The molecule has 0 fully saturated rings. The molecule has 86 valence electrons. The zero-order valence-electron chi connectivity index (χ0n) is 8.51. The molecule has 0 aliphatic carbocycles. The van der Waals surface area contributed by atoms with E-state index < -0.39 is 0 Å². The third-order valence-corrected chi connectivity index (χ3v) is 2.39. The average molecular weight is 313 g/mol. The minimum atomic E-state index is 0.360. The Morgan fingerprint density at radius 3 is 3.00 bits per heavy atom. The lowest BCUT2D eigenvalue weighted by atomic mass is 10.4. The minimum absolute atomic E-state index is 0.360. The van der Waals surface area contributed by atoms with E-state index in [-0.39, 0.29) is 0 Å². The van der Waals surface area contributed by atoms with Gasteiger partial charge in [0.25, 0.3) is 0 Å². The van der Waals surface area contributed by atoms with Gasteiger partial charge in [-0.1, -0.05) is 17.7 Å². The zero-order chi connectivity index (χ0) is 12.1. The molecule has 0 amide bonds.